The Morgan fingerprint density at radius 2 is 1.88 bits per heavy atom. The maximum absolute atomic E-state index is 12.3. The third-order valence-electron chi connectivity index (χ3n) is 5.72. The van der Waals surface area contributed by atoms with E-state index >= 15 is 0 Å². The topological polar surface area (TPSA) is 88.2 Å². The summed E-state index contributed by atoms with van der Waals surface area (Å²) in [5, 5.41) is 7.00. The Bertz CT molecular complexity index is 647. The molecular weight excluding hydrogens is 352 g/mol. The van der Waals surface area contributed by atoms with E-state index in [4.69, 9.17) is 4.74 Å². The van der Waals surface area contributed by atoms with Gasteiger partial charge in [0.25, 0.3) is 0 Å². The first-order valence-corrected chi connectivity index (χ1v) is 11.1. The summed E-state index contributed by atoms with van der Waals surface area (Å²) < 4.78 is 31.9. The van der Waals surface area contributed by atoms with Crippen molar-refractivity contribution < 1.29 is 13.2 Å². The van der Waals surface area contributed by atoms with Gasteiger partial charge < -0.3 is 4.74 Å². The van der Waals surface area contributed by atoms with E-state index in [0.717, 1.165) is 25.1 Å². The van der Waals surface area contributed by atoms with E-state index in [1.165, 1.54) is 16.9 Å². The average molecular weight is 389 g/mol. The zero-order valence-electron chi connectivity index (χ0n) is 17.5. The molecule has 8 heteroatoms. The van der Waals surface area contributed by atoms with Crippen LogP contribution >= 0.6 is 0 Å². The van der Waals surface area contributed by atoms with Crippen molar-refractivity contribution >= 4 is 10.0 Å². The average Bonchev–Trinajstić information content (AvgIpc) is 3.08. The number of likely N-dealkylation sites (N-methyl/N-ethyl adjacent to an activating group) is 1. The van der Waals surface area contributed by atoms with Crippen molar-refractivity contribution in [1.29, 1.82) is 0 Å². The number of hydrogen-bond acceptors (Lipinski definition) is 5. The molecule has 0 fully saturated rings. The van der Waals surface area contributed by atoms with Crippen LogP contribution in [0.4, 0.5) is 0 Å². The van der Waals surface area contributed by atoms with Gasteiger partial charge in [0, 0.05) is 12.5 Å². The predicted octanol–water partition coefficient (Wildman–Crippen LogP) is 2.96. The first-order chi connectivity index (χ1) is 11.9. The lowest BCUT2D eigenvalue weighted by Gasteiger charge is -2.45. The summed E-state index contributed by atoms with van der Waals surface area (Å²) in [6.07, 6.45) is 5.28. The minimum absolute atomic E-state index is 0.0402. The Kier molecular flexibility index (Phi) is 7.80. The first kappa shape index (κ1) is 23.0. The molecule has 3 unspecified atom stereocenters. The molecule has 0 radical (unpaired) electrons. The number of nitrogens with one attached hydrogen (secondary N) is 1. The van der Waals surface area contributed by atoms with E-state index < -0.39 is 10.0 Å². The van der Waals surface area contributed by atoms with Crippen molar-refractivity contribution in [2.75, 3.05) is 19.9 Å². The van der Waals surface area contributed by atoms with Crippen molar-refractivity contribution in [2.45, 2.75) is 78.4 Å². The molecule has 152 valence electrons. The Balaban J connectivity index is 3.27. The highest BCUT2D eigenvalue weighted by atomic mass is 32.2. The fourth-order valence-corrected chi connectivity index (χ4v) is 4.28. The van der Waals surface area contributed by atoms with Crippen molar-refractivity contribution in [2.24, 2.45) is 5.41 Å². The second-order valence-corrected chi connectivity index (χ2v) is 10.2. The third-order valence-corrected chi connectivity index (χ3v) is 7.02. The summed E-state index contributed by atoms with van der Waals surface area (Å²) in [5.41, 5.74) is -0.514. The second kappa shape index (κ2) is 8.80. The van der Waals surface area contributed by atoms with E-state index in [2.05, 4.69) is 42.9 Å². The maximum Gasteiger partial charge on any atom is 0.211 e. The molecule has 1 rings (SSSR count). The molecule has 0 aliphatic rings. The van der Waals surface area contributed by atoms with Crippen LogP contribution in [0.1, 0.15) is 66.6 Å². The monoisotopic (exact) mass is 388 g/mol. The fraction of sp³-hybridized carbons (Fsp3) is 0.889. The fourth-order valence-electron chi connectivity index (χ4n) is 3.50. The van der Waals surface area contributed by atoms with E-state index in [9.17, 15) is 8.42 Å². The normalized spacial score (nSPS) is 18.7. The largest absolute Gasteiger partial charge is 0.377 e. The van der Waals surface area contributed by atoms with E-state index in [-0.39, 0.29) is 23.0 Å². The number of ether oxygens (including phenoxy) is 1. The van der Waals surface area contributed by atoms with Crippen molar-refractivity contribution in [1.82, 2.24) is 19.5 Å². The van der Waals surface area contributed by atoms with Gasteiger partial charge in [0.05, 0.1) is 25.0 Å². The molecule has 3 atom stereocenters. The van der Waals surface area contributed by atoms with E-state index in [0.29, 0.717) is 6.61 Å². The summed E-state index contributed by atoms with van der Waals surface area (Å²) in [6.45, 7) is 12.8. The first-order valence-electron chi connectivity index (χ1n) is 9.30. The van der Waals surface area contributed by atoms with Gasteiger partial charge in [-0.1, -0.05) is 27.7 Å². The van der Waals surface area contributed by atoms with Crippen LogP contribution in [0.25, 0.3) is 0 Å². The Morgan fingerprint density at radius 1 is 1.27 bits per heavy atom. The summed E-state index contributed by atoms with van der Waals surface area (Å²) >= 11 is 0. The van der Waals surface area contributed by atoms with E-state index in [1.54, 1.807) is 7.05 Å². The molecule has 1 aromatic heterocycles. The van der Waals surface area contributed by atoms with Gasteiger partial charge in [-0.2, -0.15) is 9.40 Å². The minimum atomic E-state index is -3.34. The molecule has 0 aromatic carbocycles. The summed E-state index contributed by atoms with van der Waals surface area (Å²) in [7, 11) is -1.69. The number of aromatic amines is 1. The van der Waals surface area contributed by atoms with Crippen LogP contribution in [-0.2, 0) is 20.2 Å². The smallest absolute Gasteiger partial charge is 0.211 e. The quantitative estimate of drug-likeness (QED) is 0.629. The van der Waals surface area contributed by atoms with Crippen molar-refractivity contribution in [3.05, 3.63) is 12.2 Å². The number of sulfonamides is 1. The van der Waals surface area contributed by atoms with Gasteiger partial charge >= 0.3 is 0 Å². The van der Waals surface area contributed by atoms with Gasteiger partial charge in [0.1, 0.15) is 12.2 Å². The minimum Gasteiger partial charge on any atom is -0.377 e. The molecule has 0 aliphatic carbocycles. The van der Waals surface area contributed by atoms with Gasteiger partial charge in [-0.3, -0.25) is 5.10 Å². The van der Waals surface area contributed by atoms with Crippen LogP contribution in [-0.4, -0.2) is 60.0 Å². The van der Waals surface area contributed by atoms with Gasteiger partial charge in [0.15, 0.2) is 0 Å². The molecule has 0 aliphatic heterocycles. The number of hydrogen-bond donors (Lipinski definition) is 1. The molecule has 7 nitrogen and oxygen atoms in total. The lowest BCUT2D eigenvalue weighted by atomic mass is 9.66. The Morgan fingerprint density at radius 3 is 2.27 bits per heavy atom. The van der Waals surface area contributed by atoms with Gasteiger partial charge in [-0.05, 0) is 38.5 Å². The molecule has 1 heterocycles. The highest BCUT2D eigenvalue weighted by Crippen LogP contribution is 2.43. The molecule has 1 N–H and O–H groups in total. The molecule has 0 amide bonds. The highest BCUT2D eigenvalue weighted by Gasteiger charge is 2.44. The summed E-state index contributed by atoms with van der Waals surface area (Å²) in [5.74, 6) is 0.838. The zero-order chi connectivity index (χ0) is 20.2. The summed E-state index contributed by atoms with van der Waals surface area (Å²) in [4.78, 5) is 4.38. The second-order valence-electron chi connectivity index (χ2n) is 8.11. The van der Waals surface area contributed by atoms with Gasteiger partial charge in [-0.15, -0.1) is 0 Å². The van der Waals surface area contributed by atoms with Crippen LogP contribution in [0.2, 0.25) is 0 Å². The maximum atomic E-state index is 12.3. The standard InChI is InChI=1S/C18H36N4O3S/c1-9-17(5,12-18(6,10-2)16-19-13-20-21-16)15(11-25-14(3)4)22(7)26(8,23)24/h13-15H,9-12H2,1-8H3,(H,19,20,21). The number of rotatable bonds is 11. The van der Waals surface area contributed by atoms with Crippen LogP contribution in [0.15, 0.2) is 6.33 Å². The predicted molar refractivity (Wildman–Crippen MR) is 105 cm³/mol. The van der Waals surface area contributed by atoms with Crippen molar-refractivity contribution in [3.8, 4) is 0 Å². The Labute approximate surface area is 159 Å². The number of H-pyrrole nitrogens is 1. The van der Waals surface area contributed by atoms with E-state index in [1.807, 2.05) is 13.8 Å². The SMILES string of the molecule is CCC(C)(CC(C)(CC)C(COC(C)C)N(C)S(C)(=O)=O)c1ncn[nH]1. The number of nitrogens with zero attached hydrogens (tertiary/aromatic N) is 3. The molecule has 26 heavy (non-hydrogen) atoms. The molecule has 0 saturated carbocycles. The number of aromatic nitrogens is 3. The molecular formula is C18H36N4O3S. The van der Waals surface area contributed by atoms with Crippen molar-refractivity contribution in [3.63, 3.8) is 0 Å². The molecule has 0 bridgehead atoms. The van der Waals surface area contributed by atoms with Gasteiger partial charge in [0.2, 0.25) is 10.0 Å². The molecule has 0 saturated heterocycles. The van der Waals surface area contributed by atoms with Gasteiger partial charge in [-0.25, -0.2) is 13.4 Å². The third kappa shape index (κ3) is 5.50. The van der Waals surface area contributed by atoms with Crippen LogP contribution in [0.5, 0.6) is 0 Å². The summed E-state index contributed by atoms with van der Waals surface area (Å²) in [6, 6.07) is -0.265. The lowest BCUT2D eigenvalue weighted by Crippen LogP contribution is -2.52. The highest BCUT2D eigenvalue weighted by molar-refractivity contribution is 7.88. The zero-order valence-corrected chi connectivity index (χ0v) is 18.4. The van der Waals surface area contributed by atoms with Crippen LogP contribution in [0.3, 0.4) is 0 Å². The molecule has 0 spiro atoms. The van der Waals surface area contributed by atoms with Crippen LogP contribution in [0, 0.1) is 5.41 Å². The lowest BCUT2D eigenvalue weighted by molar-refractivity contribution is -0.00526. The van der Waals surface area contributed by atoms with Crippen LogP contribution < -0.4 is 0 Å². The Hall–Kier alpha value is -0.990. The molecule has 1 aromatic rings.